The molecule has 8 nitrogen and oxygen atoms in total. The van der Waals surface area contributed by atoms with E-state index in [2.05, 4.69) is 15.5 Å². The van der Waals surface area contributed by atoms with E-state index in [-0.39, 0.29) is 11.1 Å². The number of esters is 1. The second kappa shape index (κ2) is 13.3. The average Bonchev–Trinajstić information content (AvgIpc) is 3.37. The summed E-state index contributed by atoms with van der Waals surface area (Å²) in [4.78, 5) is 28.3. The van der Waals surface area contributed by atoms with Gasteiger partial charge in [0.25, 0.3) is 0 Å². The lowest BCUT2D eigenvalue weighted by molar-refractivity contribution is 0.0277. The molecular weight excluding hydrogens is 556 g/mol. The van der Waals surface area contributed by atoms with Crippen molar-refractivity contribution in [2.45, 2.75) is 18.7 Å². The Kier molecular flexibility index (Phi) is 9.17. The molecule has 1 aliphatic heterocycles. The van der Waals surface area contributed by atoms with E-state index < -0.39 is 35.8 Å². The molecule has 0 aromatic heterocycles. The summed E-state index contributed by atoms with van der Waals surface area (Å²) < 4.78 is 44.3. The van der Waals surface area contributed by atoms with E-state index in [0.717, 1.165) is 23.4 Å². The van der Waals surface area contributed by atoms with Gasteiger partial charge >= 0.3 is 12.0 Å². The van der Waals surface area contributed by atoms with Gasteiger partial charge in [-0.05, 0) is 71.8 Å². The summed E-state index contributed by atoms with van der Waals surface area (Å²) in [7, 11) is 3.16. The number of ether oxygens (including phenoxy) is 3. The lowest BCUT2D eigenvalue weighted by Gasteiger charge is -2.21. The molecule has 0 unspecified atom stereocenters. The molecule has 1 fully saturated rings. The van der Waals surface area contributed by atoms with Gasteiger partial charge in [0, 0.05) is 37.0 Å². The molecule has 0 spiro atoms. The van der Waals surface area contributed by atoms with Crippen molar-refractivity contribution < 1.29 is 32.6 Å². The van der Waals surface area contributed by atoms with E-state index >= 15 is 0 Å². The van der Waals surface area contributed by atoms with Crippen molar-refractivity contribution in [1.29, 1.82) is 0 Å². The number of carbonyl (C=O) groups excluding carboxylic acids is 2. The molecule has 222 valence electrons. The first kappa shape index (κ1) is 29.5. The molecule has 4 aromatic carbocycles. The third-order valence-corrected chi connectivity index (χ3v) is 7.15. The lowest BCUT2D eigenvalue weighted by atomic mass is 10.0. The lowest BCUT2D eigenvalue weighted by Crippen LogP contribution is -2.46. The van der Waals surface area contributed by atoms with Gasteiger partial charge in [0.15, 0.2) is 0 Å². The molecule has 10 heteroatoms. The second-order valence-electron chi connectivity index (χ2n) is 10.1. The molecule has 43 heavy (non-hydrogen) atoms. The normalized spacial score (nSPS) is 16.4. The molecule has 1 aliphatic rings. The van der Waals surface area contributed by atoms with Crippen LogP contribution in [0.25, 0.3) is 11.1 Å². The van der Waals surface area contributed by atoms with Crippen LogP contribution in [0, 0.1) is 11.6 Å². The van der Waals surface area contributed by atoms with Gasteiger partial charge in [0.2, 0.25) is 0 Å². The van der Waals surface area contributed by atoms with E-state index in [0.29, 0.717) is 36.6 Å². The van der Waals surface area contributed by atoms with E-state index in [9.17, 15) is 18.4 Å². The van der Waals surface area contributed by atoms with E-state index in [4.69, 9.17) is 14.2 Å². The summed E-state index contributed by atoms with van der Waals surface area (Å²) >= 11 is 0. The highest BCUT2D eigenvalue weighted by Gasteiger charge is 2.37. The Morgan fingerprint density at radius 1 is 0.860 bits per heavy atom. The van der Waals surface area contributed by atoms with Gasteiger partial charge in [-0.25, -0.2) is 18.4 Å². The number of nitrogens with zero attached hydrogens (tertiary/aromatic N) is 1. The Bertz CT molecular complexity index is 1600. The van der Waals surface area contributed by atoms with Crippen molar-refractivity contribution in [2.24, 2.45) is 0 Å². The van der Waals surface area contributed by atoms with Gasteiger partial charge in [0.1, 0.15) is 29.2 Å². The molecule has 1 heterocycles. The van der Waals surface area contributed by atoms with Crippen LogP contribution in [0.5, 0.6) is 11.5 Å². The minimum Gasteiger partial charge on any atom is -0.497 e. The van der Waals surface area contributed by atoms with Gasteiger partial charge in [-0.2, -0.15) is 0 Å². The Morgan fingerprint density at radius 3 is 2.37 bits per heavy atom. The molecular formula is C33H31F2N3O5. The highest BCUT2D eigenvalue weighted by molar-refractivity contribution is 5.92. The van der Waals surface area contributed by atoms with Crippen LogP contribution in [0.2, 0.25) is 0 Å². The van der Waals surface area contributed by atoms with Crippen LogP contribution in [-0.2, 0) is 11.3 Å². The SMILES string of the molecule is COc1ccc(NC(=O)N[C@H]2CN(Cc3cccc(OC)c3)C[C@@H]2OC(=O)c2cccc(-c3ccc(F)cc3F)c2)cc1. The van der Waals surface area contributed by atoms with Crippen molar-refractivity contribution in [3.63, 3.8) is 0 Å². The number of methoxy groups -OCH3 is 2. The predicted octanol–water partition coefficient (Wildman–Crippen LogP) is 5.88. The summed E-state index contributed by atoms with van der Waals surface area (Å²) in [5, 5.41) is 5.74. The first-order valence-corrected chi connectivity index (χ1v) is 13.6. The van der Waals surface area contributed by atoms with Gasteiger partial charge in [-0.1, -0.05) is 24.3 Å². The van der Waals surface area contributed by atoms with Crippen molar-refractivity contribution in [2.75, 3.05) is 32.6 Å². The Morgan fingerprint density at radius 2 is 1.63 bits per heavy atom. The second-order valence-corrected chi connectivity index (χ2v) is 10.1. The summed E-state index contributed by atoms with van der Waals surface area (Å²) in [5.74, 6) is -0.661. The predicted molar refractivity (Wildman–Crippen MR) is 158 cm³/mol. The monoisotopic (exact) mass is 587 g/mol. The third kappa shape index (κ3) is 7.47. The Labute approximate surface area is 248 Å². The Balaban J connectivity index is 1.32. The zero-order chi connectivity index (χ0) is 30.3. The number of benzene rings is 4. The summed E-state index contributed by atoms with van der Waals surface area (Å²) in [6.07, 6.45) is -0.675. The molecule has 0 aliphatic carbocycles. The van der Waals surface area contributed by atoms with Crippen LogP contribution >= 0.6 is 0 Å². The molecule has 4 aromatic rings. The molecule has 0 bridgehead atoms. The maximum Gasteiger partial charge on any atom is 0.338 e. The molecule has 0 saturated carbocycles. The van der Waals surface area contributed by atoms with Gasteiger partial charge in [0.05, 0.1) is 25.8 Å². The molecule has 0 radical (unpaired) electrons. The number of amides is 2. The number of carbonyl (C=O) groups is 2. The van der Waals surface area contributed by atoms with Crippen molar-refractivity contribution in [3.05, 3.63) is 114 Å². The number of likely N-dealkylation sites (tertiary alicyclic amines) is 1. The highest BCUT2D eigenvalue weighted by Crippen LogP contribution is 2.26. The quantitative estimate of drug-likeness (QED) is 0.238. The van der Waals surface area contributed by atoms with Gasteiger partial charge in [-0.3, -0.25) is 4.90 Å². The zero-order valence-corrected chi connectivity index (χ0v) is 23.7. The minimum absolute atomic E-state index is 0.163. The number of anilines is 1. The maximum absolute atomic E-state index is 14.4. The zero-order valence-electron chi connectivity index (χ0n) is 23.7. The smallest absolute Gasteiger partial charge is 0.338 e. The van der Waals surface area contributed by atoms with Gasteiger partial charge in [-0.15, -0.1) is 0 Å². The fourth-order valence-corrected chi connectivity index (χ4v) is 5.02. The molecule has 2 amide bonds. The van der Waals surface area contributed by atoms with Crippen LogP contribution in [0.4, 0.5) is 19.3 Å². The van der Waals surface area contributed by atoms with Crippen LogP contribution in [-0.4, -0.2) is 56.4 Å². The van der Waals surface area contributed by atoms with Crippen LogP contribution in [0.1, 0.15) is 15.9 Å². The fourth-order valence-electron chi connectivity index (χ4n) is 5.02. The fraction of sp³-hybridized carbons (Fsp3) is 0.212. The standard InChI is InChI=1S/C33H31F2N3O5/c1-41-26-12-10-25(11-13-26)36-33(40)37-30-19-38(18-21-5-3-8-27(15-21)42-2)20-31(30)43-32(39)23-7-4-6-22(16-23)28-14-9-24(34)17-29(28)35/h3-17,30-31H,18-20H2,1-2H3,(H2,36,37,40)/t30-,31-/m0/s1. The third-order valence-electron chi connectivity index (χ3n) is 7.15. The van der Waals surface area contributed by atoms with Crippen molar-refractivity contribution in [3.8, 4) is 22.6 Å². The van der Waals surface area contributed by atoms with Crippen LogP contribution in [0.3, 0.4) is 0 Å². The van der Waals surface area contributed by atoms with Gasteiger partial charge < -0.3 is 24.8 Å². The molecule has 2 N–H and O–H groups in total. The number of rotatable bonds is 9. The summed E-state index contributed by atoms with van der Waals surface area (Å²) in [6.45, 7) is 1.33. The highest BCUT2D eigenvalue weighted by atomic mass is 19.1. The molecule has 1 saturated heterocycles. The largest absolute Gasteiger partial charge is 0.497 e. The summed E-state index contributed by atoms with van der Waals surface area (Å²) in [6, 6.07) is 23.2. The van der Waals surface area contributed by atoms with Crippen molar-refractivity contribution in [1.82, 2.24) is 10.2 Å². The number of halogens is 2. The first-order chi connectivity index (χ1) is 20.8. The number of urea groups is 1. The van der Waals surface area contributed by atoms with E-state index in [1.165, 1.54) is 12.1 Å². The average molecular weight is 588 g/mol. The topological polar surface area (TPSA) is 89.1 Å². The Hall–Kier alpha value is -4.96. The first-order valence-electron chi connectivity index (χ1n) is 13.6. The molecule has 2 atom stereocenters. The number of hydrogen-bond donors (Lipinski definition) is 2. The van der Waals surface area contributed by atoms with Crippen LogP contribution < -0.4 is 20.1 Å². The van der Waals surface area contributed by atoms with E-state index in [1.807, 2.05) is 24.3 Å². The summed E-state index contributed by atoms with van der Waals surface area (Å²) in [5.41, 5.74) is 2.35. The number of nitrogens with one attached hydrogen (secondary N) is 2. The van der Waals surface area contributed by atoms with Crippen molar-refractivity contribution >= 4 is 17.7 Å². The minimum atomic E-state index is -0.735. The number of hydrogen-bond acceptors (Lipinski definition) is 6. The van der Waals surface area contributed by atoms with E-state index in [1.54, 1.807) is 56.7 Å². The van der Waals surface area contributed by atoms with Crippen LogP contribution in [0.15, 0.2) is 91.0 Å². The maximum atomic E-state index is 14.4. The molecule has 5 rings (SSSR count).